The van der Waals surface area contributed by atoms with Crippen LogP contribution in [-0.4, -0.2) is 48.9 Å². The Morgan fingerprint density at radius 3 is 2.39 bits per heavy atom. The first kappa shape index (κ1) is 20.4. The third-order valence-corrected chi connectivity index (χ3v) is 5.51. The third-order valence-electron chi connectivity index (χ3n) is 5.51. The maximum absolute atomic E-state index is 12.8. The number of hydrogen-bond donors (Lipinski definition) is 2. The molecule has 1 amide bonds. The van der Waals surface area contributed by atoms with Gasteiger partial charge >= 0.3 is 0 Å². The number of nitrogens with two attached hydrogens (primary N) is 1. The van der Waals surface area contributed by atoms with Gasteiger partial charge in [0.2, 0.25) is 0 Å². The van der Waals surface area contributed by atoms with Crippen LogP contribution in [0, 0.1) is 0 Å². The van der Waals surface area contributed by atoms with Crippen LogP contribution < -0.4 is 11.1 Å². The molecule has 0 bridgehead atoms. The molecule has 1 fully saturated rings. The zero-order valence-corrected chi connectivity index (χ0v) is 17.2. The van der Waals surface area contributed by atoms with Crippen molar-refractivity contribution in [3.63, 3.8) is 0 Å². The van der Waals surface area contributed by atoms with Crippen molar-refractivity contribution in [2.75, 3.05) is 38.5 Å². The number of anilines is 1. The van der Waals surface area contributed by atoms with E-state index in [-0.39, 0.29) is 18.0 Å². The fraction of sp³-hybridized carbons (Fsp3) is 0.435. The second-order valence-corrected chi connectivity index (χ2v) is 7.35. The SMILES string of the molecule is CC.CN1CCN(C(=O)c2ccc3c(c2)C(N)CC(c2ccccc2)N3)CC1. The highest BCUT2D eigenvalue weighted by molar-refractivity contribution is 5.95. The molecule has 4 rings (SSSR count). The van der Waals surface area contributed by atoms with E-state index in [1.165, 1.54) is 5.56 Å². The Morgan fingerprint density at radius 1 is 1.04 bits per heavy atom. The van der Waals surface area contributed by atoms with Crippen LogP contribution in [0.3, 0.4) is 0 Å². The van der Waals surface area contributed by atoms with Crippen molar-refractivity contribution in [1.82, 2.24) is 9.80 Å². The lowest BCUT2D eigenvalue weighted by Crippen LogP contribution is -2.47. The second kappa shape index (κ2) is 9.22. The van der Waals surface area contributed by atoms with E-state index in [9.17, 15) is 4.79 Å². The number of fused-ring (bicyclic) bond motifs is 1. The molecule has 0 saturated carbocycles. The predicted octanol–water partition coefficient (Wildman–Crippen LogP) is 3.66. The van der Waals surface area contributed by atoms with E-state index in [4.69, 9.17) is 5.73 Å². The molecule has 3 N–H and O–H groups in total. The van der Waals surface area contributed by atoms with Crippen LogP contribution >= 0.6 is 0 Å². The lowest BCUT2D eigenvalue weighted by molar-refractivity contribution is 0.0664. The Labute approximate surface area is 168 Å². The topological polar surface area (TPSA) is 61.6 Å². The number of nitrogens with one attached hydrogen (secondary N) is 1. The lowest BCUT2D eigenvalue weighted by Gasteiger charge is -2.34. The van der Waals surface area contributed by atoms with Crippen LogP contribution in [0.1, 0.15) is 53.8 Å². The van der Waals surface area contributed by atoms with Crippen molar-refractivity contribution in [3.05, 3.63) is 65.2 Å². The molecule has 2 atom stereocenters. The number of piperazine rings is 1. The Kier molecular flexibility index (Phi) is 6.70. The smallest absolute Gasteiger partial charge is 0.253 e. The summed E-state index contributed by atoms with van der Waals surface area (Å²) in [4.78, 5) is 17.0. The third kappa shape index (κ3) is 4.37. The number of nitrogens with zero attached hydrogens (tertiary/aromatic N) is 2. The van der Waals surface area contributed by atoms with Gasteiger partial charge in [-0.2, -0.15) is 0 Å². The van der Waals surface area contributed by atoms with Gasteiger partial charge in [0, 0.05) is 43.5 Å². The summed E-state index contributed by atoms with van der Waals surface area (Å²) < 4.78 is 0. The molecule has 2 unspecified atom stereocenters. The number of carbonyl (C=O) groups is 1. The van der Waals surface area contributed by atoms with E-state index in [1.54, 1.807) is 0 Å². The number of rotatable bonds is 2. The predicted molar refractivity (Wildman–Crippen MR) is 116 cm³/mol. The summed E-state index contributed by atoms with van der Waals surface area (Å²) in [6.45, 7) is 7.42. The van der Waals surface area contributed by atoms with Crippen molar-refractivity contribution in [2.24, 2.45) is 5.73 Å². The van der Waals surface area contributed by atoms with E-state index in [2.05, 4.69) is 41.5 Å². The van der Waals surface area contributed by atoms with Crippen molar-refractivity contribution in [1.29, 1.82) is 0 Å². The molecule has 150 valence electrons. The number of carbonyl (C=O) groups excluding carboxylic acids is 1. The Balaban J connectivity index is 0.00000109. The molecule has 2 aromatic rings. The summed E-state index contributed by atoms with van der Waals surface area (Å²) in [5.74, 6) is 0.110. The molecule has 2 heterocycles. The van der Waals surface area contributed by atoms with Gasteiger partial charge in [0.1, 0.15) is 0 Å². The number of benzene rings is 2. The molecule has 5 heteroatoms. The van der Waals surface area contributed by atoms with Crippen LogP contribution in [0.25, 0.3) is 0 Å². The minimum Gasteiger partial charge on any atom is -0.378 e. The molecule has 0 aliphatic carbocycles. The Bertz CT molecular complexity index is 784. The van der Waals surface area contributed by atoms with Crippen LogP contribution in [-0.2, 0) is 0 Å². The van der Waals surface area contributed by atoms with Gasteiger partial charge in [0.15, 0.2) is 0 Å². The first-order valence-corrected chi connectivity index (χ1v) is 10.3. The quantitative estimate of drug-likeness (QED) is 0.835. The molecule has 0 radical (unpaired) electrons. The first-order valence-electron chi connectivity index (χ1n) is 10.3. The van der Waals surface area contributed by atoms with Crippen LogP contribution in [0.15, 0.2) is 48.5 Å². The molecule has 0 spiro atoms. The van der Waals surface area contributed by atoms with E-state index in [1.807, 2.05) is 43.0 Å². The summed E-state index contributed by atoms with van der Waals surface area (Å²) >= 11 is 0. The maximum atomic E-state index is 12.8. The van der Waals surface area contributed by atoms with Crippen molar-refractivity contribution >= 4 is 11.6 Å². The summed E-state index contributed by atoms with van der Waals surface area (Å²) in [5.41, 5.74) is 10.5. The van der Waals surface area contributed by atoms with E-state index >= 15 is 0 Å². The van der Waals surface area contributed by atoms with Gasteiger partial charge in [0.05, 0.1) is 6.04 Å². The van der Waals surface area contributed by atoms with Crippen molar-refractivity contribution in [2.45, 2.75) is 32.4 Å². The summed E-state index contributed by atoms with van der Waals surface area (Å²) in [5, 5.41) is 3.58. The molecule has 28 heavy (non-hydrogen) atoms. The molecular formula is C23H32N4O. The fourth-order valence-corrected chi connectivity index (χ4v) is 3.86. The number of amides is 1. The van der Waals surface area contributed by atoms with Gasteiger partial charge < -0.3 is 20.9 Å². The molecule has 2 aliphatic heterocycles. The van der Waals surface area contributed by atoms with Crippen LogP contribution in [0.5, 0.6) is 0 Å². The molecule has 1 saturated heterocycles. The normalized spacial score (nSPS) is 21.8. The molecule has 2 aromatic carbocycles. The molecule has 0 aromatic heterocycles. The zero-order chi connectivity index (χ0) is 20.1. The monoisotopic (exact) mass is 380 g/mol. The van der Waals surface area contributed by atoms with Gasteiger partial charge in [-0.25, -0.2) is 0 Å². The standard InChI is InChI=1S/C21H26N4O.C2H6/c1-24-9-11-25(12-10-24)21(26)16-7-8-19-17(13-16)18(22)14-20(23-19)15-5-3-2-4-6-15;1-2/h2-8,13,18,20,23H,9-12,14,22H2,1H3;1-2H3. The first-order chi connectivity index (χ1) is 13.6. The summed E-state index contributed by atoms with van der Waals surface area (Å²) in [7, 11) is 2.09. The van der Waals surface area contributed by atoms with Crippen LogP contribution in [0.4, 0.5) is 5.69 Å². The Hall–Kier alpha value is -2.37. The van der Waals surface area contributed by atoms with Gasteiger partial charge in [0.25, 0.3) is 5.91 Å². The fourth-order valence-electron chi connectivity index (χ4n) is 3.86. The van der Waals surface area contributed by atoms with Gasteiger partial charge in [-0.05, 0) is 42.8 Å². The lowest BCUT2D eigenvalue weighted by atomic mass is 9.89. The molecule has 5 nitrogen and oxygen atoms in total. The highest BCUT2D eigenvalue weighted by atomic mass is 16.2. The van der Waals surface area contributed by atoms with Gasteiger partial charge in [-0.3, -0.25) is 4.79 Å². The van der Waals surface area contributed by atoms with Crippen LogP contribution in [0.2, 0.25) is 0 Å². The average Bonchev–Trinajstić information content (AvgIpc) is 2.75. The van der Waals surface area contributed by atoms with E-state index in [0.29, 0.717) is 0 Å². The van der Waals surface area contributed by atoms with Crippen molar-refractivity contribution in [3.8, 4) is 0 Å². The van der Waals surface area contributed by atoms with E-state index in [0.717, 1.165) is 49.4 Å². The zero-order valence-electron chi connectivity index (χ0n) is 17.2. The number of likely N-dealkylation sites (N-methyl/N-ethyl adjacent to an activating group) is 1. The summed E-state index contributed by atoms with van der Waals surface area (Å²) in [6.07, 6.45) is 0.823. The van der Waals surface area contributed by atoms with Gasteiger partial charge in [-0.15, -0.1) is 0 Å². The Morgan fingerprint density at radius 2 is 1.71 bits per heavy atom. The average molecular weight is 381 g/mol. The number of hydrogen-bond acceptors (Lipinski definition) is 4. The highest BCUT2D eigenvalue weighted by Crippen LogP contribution is 2.38. The molecular weight excluding hydrogens is 348 g/mol. The highest BCUT2D eigenvalue weighted by Gasteiger charge is 2.27. The minimum atomic E-state index is -0.0725. The summed E-state index contributed by atoms with van der Waals surface area (Å²) in [6, 6.07) is 16.4. The van der Waals surface area contributed by atoms with E-state index < -0.39 is 0 Å². The largest absolute Gasteiger partial charge is 0.378 e. The maximum Gasteiger partial charge on any atom is 0.253 e. The minimum absolute atomic E-state index is 0.0725. The second-order valence-electron chi connectivity index (χ2n) is 7.35. The van der Waals surface area contributed by atoms with Gasteiger partial charge in [-0.1, -0.05) is 44.2 Å². The molecule has 2 aliphatic rings. The van der Waals surface area contributed by atoms with Crippen molar-refractivity contribution < 1.29 is 4.79 Å².